The number of fused-ring (bicyclic) bond motifs is 1. The fourth-order valence-corrected chi connectivity index (χ4v) is 6.48. The lowest BCUT2D eigenvalue weighted by molar-refractivity contribution is -0.113. The number of carbonyl (C=O) groups excluding carboxylic acids is 1. The van der Waals surface area contributed by atoms with Gasteiger partial charge in [-0.2, -0.15) is 5.26 Å². The highest BCUT2D eigenvalue weighted by Crippen LogP contribution is 2.51. The summed E-state index contributed by atoms with van der Waals surface area (Å²) in [6.45, 7) is 4.88. The van der Waals surface area contributed by atoms with Crippen molar-refractivity contribution in [2.75, 3.05) is 35.8 Å². The van der Waals surface area contributed by atoms with Gasteiger partial charge in [-0.05, 0) is 67.6 Å². The summed E-state index contributed by atoms with van der Waals surface area (Å²) in [5.74, 6) is 0.632. The van der Waals surface area contributed by atoms with Gasteiger partial charge in [0.05, 0.1) is 46.5 Å². The first-order chi connectivity index (χ1) is 18.4. The van der Waals surface area contributed by atoms with Crippen LogP contribution < -0.4 is 19.9 Å². The van der Waals surface area contributed by atoms with Crippen molar-refractivity contribution in [1.29, 1.82) is 5.26 Å². The van der Waals surface area contributed by atoms with E-state index in [9.17, 15) is 10.1 Å². The van der Waals surface area contributed by atoms with Gasteiger partial charge in [-0.1, -0.05) is 36.4 Å². The van der Waals surface area contributed by atoms with Crippen LogP contribution in [0.2, 0.25) is 0 Å². The molecule has 0 radical (unpaired) electrons. The minimum Gasteiger partial charge on any atom is -0.497 e. The van der Waals surface area contributed by atoms with Crippen LogP contribution in [-0.4, -0.2) is 31.8 Å². The molecule has 1 N–H and O–H groups in total. The lowest BCUT2D eigenvalue weighted by Gasteiger charge is -2.17. The molecule has 7 nitrogen and oxygen atoms in total. The molecule has 1 fully saturated rings. The van der Waals surface area contributed by atoms with E-state index < -0.39 is 0 Å². The van der Waals surface area contributed by atoms with Gasteiger partial charge in [0.1, 0.15) is 10.7 Å². The summed E-state index contributed by atoms with van der Waals surface area (Å²) in [6, 6.07) is 21.4. The molecule has 1 saturated heterocycles. The number of hydrogen-bond acceptors (Lipinski definition) is 8. The number of carbonyl (C=O) groups is 1. The minimum atomic E-state index is -0.133. The Balaban J connectivity index is 1.62. The Labute approximate surface area is 231 Å². The molecule has 1 amide bonds. The van der Waals surface area contributed by atoms with E-state index in [4.69, 9.17) is 9.73 Å². The summed E-state index contributed by atoms with van der Waals surface area (Å²) in [7, 11) is 3.61. The molecule has 0 saturated carbocycles. The number of methoxy groups -OCH3 is 1. The Bertz CT molecular complexity index is 1510. The molecule has 3 aromatic carbocycles. The average Bonchev–Trinajstić information content (AvgIpc) is 3.43. The van der Waals surface area contributed by atoms with Crippen LogP contribution in [0, 0.1) is 18.3 Å². The Hall–Kier alpha value is -3.87. The fraction of sp³-hybridized carbons (Fsp3) is 0.207. The van der Waals surface area contributed by atoms with E-state index in [-0.39, 0.29) is 5.91 Å². The van der Waals surface area contributed by atoms with Crippen molar-refractivity contribution in [2.24, 2.45) is 4.99 Å². The van der Waals surface area contributed by atoms with Crippen molar-refractivity contribution in [3.05, 3.63) is 81.7 Å². The lowest BCUT2D eigenvalue weighted by atomic mass is 10.2. The van der Waals surface area contributed by atoms with Crippen LogP contribution >= 0.6 is 23.5 Å². The summed E-state index contributed by atoms with van der Waals surface area (Å²) < 4.78 is 5.42. The van der Waals surface area contributed by atoms with E-state index in [1.165, 1.54) is 11.8 Å². The number of thioether (sulfide) groups is 2. The van der Waals surface area contributed by atoms with Gasteiger partial charge in [-0.25, -0.2) is 4.99 Å². The molecular formula is C29H27N5O2S2. The van der Waals surface area contributed by atoms with Gasteiger partial charge in [0, 0.05) is 24.6 Å². The molecule has 2 heterocycles. The topological polar surface area (TPSA) is 81.0 Å². The number of aryl methyl sites for hydroxylation is 1. The standard InChI is InChI=1S/C29H27N5O2S2/c1-5-14-31-22-12-8-19(17-30)15-23(22)32-29-34(20-9-6-18(2)7-10-20)27(35)26(38-29)28-33(3)24-16-21(36-4)11-13-25(24)37-28/h6-13,15-16,31H,5,14H2,1-4H3. The molecule has 9 heteroatoms. The van der Waals surface area contributed by atoms with Crippen molar-refractivity contribution >= 4 is 57.3 Å². The molecular weight excluding hydrogens is 514 g/mol. The monoisotopic (exact) mass is 541 g/mol. The van der Waals surface area contributed by atoms with Gasteiger partial charge in [-0.15, -0.1) is 0 Å². The molecule has 5 rings (SSSR count). The molecule has 0 spiro atoms. The highest BCUT2D eigenvalue weighted by Gasteiger charge is 2.40. The number of amides is 1. The summed E-state index contributed by atoms with van der Waals surface area (Å²) in [6.07, 6.45) is 0.948. The Morgan fingerprint density at radius 2 is 1.87 bits per heavy atom. The van der Waals surface area contributed by atoms with Crippen molar-refractivity contribution in [3.63, 3.8) is 0 Å². The van der Waals surface area contributed by atoms with Gasteiger partial charge in [0.2, 0.25) is 0 Å². The Kier molecular flexibility index (Phi) is 7.36. The predicted octanol–water partition coefficient (Wildman–Crippen LogP) is 6.88. The number of anilines is 3. The molecule has 0 unspecified atom stereocenters. The van der Waals surface area contributed by atoms with Crippen LogP contribution in [0.1, 0.15) is 24.5 Å². The average molecular weight is 542 g/mol. The maximum absolute atomic E-state index is 14.0. The van der Waals surface area contributed by atoms with E-state index in [0.29, 0.717) is 21.3 Å². The molecule has 0 bridgehead atoms. The van der Waals surface area contributed by atoms with Crippen molar-refractivity contribution in [2.45, 2.75) is 25.2 Å². The predicted molar refractivity (Wildman–Crippen MR) is 158 cm³/mol. The Morgan fingerprint density at radius 1 is 1.08 bits per heavy atom. The molecule has 3 aromatic rings. The summed E-state index contributed by atoms with van der Waals surface area (Å²) in [4.78, 5) is 24.3. The van der Waals surface area contributed by atoms with Gasteiger partial charge in [-0.3, -0.25) is 9.69 Å². The first kappa shape index (κ1) is 25.8. The summed E-state index contributed by atoms with van der Waals surface area (Å²) in [5.41, 5.74) is 4.79. The molecule has 192 valence electrons. The quantitative estimate of drug-likeness (QED) is 0.341. The minimum absolute atomic E-state index is 0.133. The van der Waals surface area contributed by atoms with Crippen LogP contribution in [0.3, 0.4) is 0 Å². The number of amidine groups is 1. The Morgan fingerprint density at radius 3 is 2.58 bits per heavy atom. The number of ether oxygens (including phenoxy) is 1. The summed E-state index contributed by atoms with van der Waals surface area (Å²) >= 11 is 2.91. The highest BCUT2D eigenvalue weighted by molar-refractivity contribution is 8.20. The van der Waals surface area contributed by atoms with Gasteiger partial charge < -0.3 is 15.0 Å². The van der Waals surface area contributed by atoms with Crippen LogP contribution in [0.4, 0.5) is 22.7 Å². The zero-order valence-corrected chi connectivity index (χ0v) is 23.2. The van der Waals surface area contributed by atoms with Crippen LogP contribution in [0.15, 0.2) is 80.5 Å². The maximum Gasteiger partial charge on any atom is 0.274 e. The van der Waals surface area contributed by atoms with Crippen LogP contribution in [0.5, 0.6) is 5.75 Å². The van der Waals surface area contributed by atoms with E-state index in [0.717, 1.165) is 51.3 Å². The molecule has 0 atom stereocenters. The normalized spacial score (nSPS) is 17.7. The fourth-order valence-electron chi connectivity index (χ4n) is 4.16. The van der Waals surface area contributed by atoms with E-state index in [1.807, 2.05) is 67.4 Å². The molecule has 0 aliphatic carbocycles. The SMILES string of the molecule is CCCNc1ccc(C#N)cc1N=C1SC(=C2Sc3ccc(OC)cc3N2C)C(=O)N1c1ccc(C)cc1. The number of nitriles is 1. The molecule has 2 aliphatic rings. The van der Waals surface area contributed by atoms with Crippen molar-refractivity contribution in [1.82, 2.24) is 0 Å². The van der Waals surface area contributed by atoms with Crippen LogP contribution in [0.25, 0.3) is 0 Å². The molecule has 38 heavy (non-hydrogen) atoms. The maximum atomic E-state index is 14.0. The molecule has 2 aliphatic heterocycles. The van der Waals surface area contributed by atoms with Crippen molar-refractivity contribution < 1.29 is 9.53 Å². The number of nitrogens with zero attached hydrogens (tertiary/aromatic N) is 4. The van der Waals surface area contributed by atoms with Crippen LogP contribution in [-0.2, 0) is 4.79 Å². The second kappa shape index (κ2) is 10.9. The first-order valence-electron chi connectivity index (χ1n) is 12.2. The lowest BCUT2D eigenvalue weighted by Crippen LogP contribution is -2.29. The smallest absolute Gasteiger partial charge is 0.274 e. The molecule has 0 aromatic heterocycles. The zero-order chi connectivity index (χ0) is 26.8. The number of aliphatic imine (C=N–C) groups is 1. The van der Waals surface area contributed by atoms with E-state index >= 15 is 0 Å². The van der Waals surface area contributed by atoms with E-state index in [1.54, 1.807) is 35.9 Å². The first-order valence-corrected chi connectivity index (χ1v) is 13.9. The third-order valence-corrected chi connectivity index (χ3v) is 8.61. The third kappa shape index (κ3) is 4.85. The van der Waals surface area contributed by atoms with Gasteiger partial charge in [0.25, 0.3) is 5.91 Å². The zero-order valence-electron chi connectivity index (χ0n) is 21.6. The number of hydrogen-bond donors (Lipinski definition) is 1. The second-order valence-electron chi connectivity index (χ2n) is 8.87. The van der Waals surface area contributed by atoms with Gasteiger partial charge in [0.15, 0.2) is 5.17 Å². The summed E-state index contributed by atoms with van der Waals surface area (Å²) in [5, 5.41) is 14.3. The number of nitrogens with one attached hydrogen (secondary N) is 1. The number of rotatable bonds is 6. The van der Waals surface area contributed by atoms with Gasteiger partial charge >= 0.3 is 0 Å². The van der Waals surface area contributed by atoms with E-state index in [2.05, 4.69) is 18.3 Å². The highest BCUT2D eigenvalue weighted by atomic mass is 32.2. The van der Waals surface area contributed by atoms with Crippen molar-refractivity contribution in [3.8, 4) is 11.8 Å². The number of benzene rings is 3. The second-order valence-corrected chi connectivity index (χ2v) is 10.9. The third-order valence-electron chi connectivity index (χ3n) is 6.22. The largest absolute Gasteiger partial charge is 0.497 e.